The number of hydrogen-bond donors (Lipinski definition) is 2. The predicted octanol–water partition coefficient (Wildman–Crippen LogP) is 2.57. The van der Waals surface area contributed by atoms with Gasteiger partial charge in [-0.25, -0.2) is 4.98 Å². The lowest BCUT2D eigenvalue weighted by Crippen LogP contribution is -2.46. The number of hydrogen-bond acceptors (Lipinski definition) is 4. The van der Waals surface area contributed by atoms with Crippen molar-refractivity contribution in [3.05, 3.63) is 23.4 Å². The van der Waals surface area contributed by atoms with Gasteiger partial charge in [-0.3, -0.25) is 0 Å². The summed E-state index contributed by atoms with van der Waals surface area (Å²) >= 11 is 0. The van der Waals surface area contributed by atoms with Crippen LogP contribution >= 0.6 is 0 Å². The van der Waals surface area contributed by atoms with Crippen molar-refractivity contribution < 1.29 is 4.74 Å². The van der Waals surface area contributed by atoms with Crippen molar-refractivity contribution in [2.24, 2.45) is 11.7 Å². The molecule has 1 heterocycles. The largest absolute Gasteiger partial charge is 0.383 e. The monoisotopic (exact) mass is 263 g/mol. The third kappa shape index (κ3) is 2.60. The van der Waals surface area contributed by atoms with Crippen LogP contribution in [0, 0.1) is 12.8 Å². The number of aromatic nitrogens is 1. The quantitative estimate of drug-likeness (QED) is 0.879. The van der Waals surface area contributed by atoms with E-state index < -0.39 is 0 Å². The van der Waals surface area contributed by atoms with Gasteiger partial charge in [-0.15, -0.1) is 0 Å². The van der Waals surface area contributed by atoms with E-state index in [9.17, 15) is 0 Å². The van der Waals surface area contributed by atoms with Gasteiger partial charge in [0, 0.05) is 18.9 Å². The summed E-state index contributed by atoms with van der Waals surface area (Å²) in [6.45, 7) is 4.32. The van der Waals surface area contributed by atoms with Gasteiger partial charge in [-0.1, -0.05) is 6.92 Å². The van der Waals surface area contributed by atoms with Crippen LogP contribution in [0.15, 0.2) is 12.3 Å². The van der Waals surface area contributed by atoms with Gasteiger partial charge in [-0.05, 0) is 50.2 Å². The van der Waals surface area contributed by atoms with Gasteiger partial charge >= 0.3 is 0 Å². The van der Waals surface area contributed by atoms with Crippen LogP contribution in [-0.4, -0.2) is 17.7 Å². The zero-order chi connectivity index (χ0) is 14.0. The summed E-state index contributed by atoms with van der Waals surface area (Å²) in [5, 5.41) is 0. The molecular weight excluding hydrogens is 238 g/mol. The summed E-state index contributed by atoms with van der Waals surface area (Å²) in [5.74, 6) is 1.28. The Bertz CT molecular complexity index is 419. The highest BCUT2D eigenvalue weighted by Gasteiger charge is 2.41. The molecular formula is C15H25N3O. The van der Waals surface area contributed by atoms with Gasteiger partial charge in [0.2, 0.25) is 0 Å². The number of pyridine rings is 1. The molecule has 1 fully saturated rings. The smallest absolute Gasteiger partial charge is 0.128 e. The molecule has 0 aliphatic heterocycles. The molecule has 1 aromatic rings. The van der Waals surface area contributed by atoms with Gasteiger partial charge in [-0.2, -0.15) is 0 Å². The van der Waals surface area contributed by atoms with E-state index >= 15 is 0 Å². The molecule has 0 bridgehead atoms. The molecule has 0 saturated heterocycles. The number of ether oxygens (including phenoxy) is 1. The lowest BCUT2D eigenvalue weighted by molar-refractivity contribution is -0.0672. The molecule has 4 heteroatoms. The minimum absolute atomic E-state index is 0.210. The van der Waals surface area contributed by atoms with Crippen molar-refractivity contribution in [3.8, 4) is 0 Å². The minimum Gasteiger partial charge on any atom is -0.383 e. The first-order valence-corrected chi connectivity index (χ1v) is 7.02. The van der Waals surface area contributed by atoms with Crippen molar-refractivity contribution in [1.82, 2.24) is 4.98 Å². The van der Waals surface area contributed by atoms with Crippen molar-refractivity contribution in [2.75, 3.05) is 12.8 Å². The Hall–Kier alpha value is -1.13. The van der Waals surface area contributed by atoms with Crippen LogP contribution in [0.25, 0.3) is 0 Å². The van der Waals surface area contributed by atoms with Crippen LogP contribution in [0.3, 0.4) is 0 Å². The highest BCUT2D eigenvalue weighted by atomic mass is 16.5. The van der Waals surface area contributed by atoms with Crippen molar-refractivity contribution in [3.63, 3.8) is 0 Å². The number of nitrogens with two attached hydrogens (primary N) is 2. The Labute approximate surface area is 115 Å². The normalized spacial score (nSPS) is 29.2. The van der Waals surface area contributed by atoms with E-state index in [2.05, 4.69) is 11.9 Å². The van der Waals surface area contributed by atoms with Crippen LogP contribution in [0.2, 0.25) is 0 Å². The number of rotatable bonds is 3. The second-order valence-corrected chi connectivity index (χ2v) is 5.86. The van der Waals surface area contributed by atoms with Gasteiger partial charge in [0.1, 0.15) is 5.82 Å². The first kappa shape index (κ1) is 14.3. The molecule has 0 amide bonds. The summed E-state index contributed by atoms with van der Waals surface area (Å²) in [5.41, 5.74) is 14.3. The summed E-state index contributed by atoms with van der Waals surface area (Å²) in [4.78, 5) is 4.18. The maximum Gasteiger partial charge on any atom is 0.128 e. The average molecular weight is 263 g/mol. The molecule has 2 rings (SSSR count). The molecule has 1 aliphatic rings. The molecule has 1 unspecified atom stereocenters. The summed E-state index contributed by atoms with van der Waals surface area (Å²) in [6, 6.07) is 1.75. The molecule has 19 heavy (non-hydrogen) atoms. The summed E-state index contributed by atoms with van der Waals surface area (Å²) < 4.78 is 5.84. The molecule has 0 radical (unpaired) electrons. The predicted molar refractivity (Wildman–Crippen MR) is 77.7 cm³/mol. The zero-order valence-electron chi connectivity index (χ0n) is 12.1. The lowest BCUT2D eigenvalue weighted by Gasteiger charge is -2.43. The maximum absolute atomic E-state index is 6.52. The van der Waals surface area contributed by atoms with Crippen LogP contribution < -0.4 is 11.5 Å². The number of methoxy groups -OCH3 is 1. The van der Waals surface area contributed by atoms with Crippen molar-refractivity contribution >= 4 is 5.82 Å². The van der Waals surface area contributed by atoms with Crippen molar-refractivity contribution in [1.29, 1.82) is 0 Å². The number of anilines is 1. The average Bonchev–Trinajstić information content (AvgIpc) is 2.39. The van der Waals surface area contributed by atoms with Crippen molar-refractivity contribution in [2.45, 2.75) is 51.2 Å². The molecule has 1 aliphatic carbocycles. The zero-order valence-corrected chi connectivity index (χ0v) is 12.1. The highest BCUT2D eigenvalue weighted by Crippen LogP contribution is 2.43. The highest BCUT2D eigenvalue weighted by molar-refractivity contribution is 5.47. The van der Waals surface area contributed by atoms with E-state index in [1.807, 2.05) is 13.0 Å². The Morgan fingerprint density at radius 2 is 2.05 bits per heavy atom. The molecule has 1 saturated carbocycles. The van der Waals surface area contributed by atoms with Crippen LogP contribution in [0.1, 0.15) is 49.8 Å². The Balaban J connectivity index is 2.33. The molecule has 4 nitrogen and oxygen atoms in total. The van der Waals surface area contributed by atoms with E-state index in [-0.39, 0.29) is 11.6 Å². The molecule has 4 N–H and O–H groups in total. The Morgan fingerprint density at radius 3 is 2.58 bits per heavy atom. The van der Waals surface area contributed by atoms with E-state index in [0.717, 1.165) is 42.7 Å². The van der Waals surface area contributed by atoms with E-state index in [1.54, 1.807) is 13.3 Å². The standard InChI is InChI=1S/C15H25N3O/c1-10-4-7-15(19-3,8-5-10)13(16)12-11(2)6-9-18-14(12)17/h6,9-10,13H,4-5,7-8,16H2,1-3H3,(H2,17,18). The molecule has 1 aromatic heterocycles. The van der Waals surface area contributed by atoms with Crippen LogP contribution in [-0.2, 0) is 4.74 Å². The Morgan fingerprint density at radius 1 is 1.42 bits per heavy atom. The fourth-order valence-electron chi connectivity index (χ4n) is 3.15. The summed E-state index contributed by atoms with van der Waals surface area (Å²) in [7, 11) is 1.76. The van der Waals surface area contributed by atoms with Gasteiger partial charge in [0.05, 0.1) is 11.6 Å². The third-order valence-corrected chi connectivity index (χ3v) is 4.64. The minimum atomic E-state index is -0.297. The molecule has 0 spiro atoms. The maximum atomic E-state index is 6.52. The van der Waals surface area contributed by atoms with Crippen LogP contribution in [0.5, 0.6) is 0 Å². The second-order valence-electron chi connectivity index (χ2n) is 5.86. The van der Waals surface area contributed by atoms with E-state index in [0.29, 0.717) is 5.82 Å². The summed E-state index contributed by atoms with van der Waals surface area (Å²) in [6.07, 6.45) is 6.00. The lowest BCUT2D eigenvalue weighted by atomic mass is 9.73. The van der Waals surface area contributed by atoms with E-state index in [1.165, 1.54) is 0 Å². The fraction of sp³-hybridized carbons (Fsp3) is 0.667. The fourth-order valence-corrected chi connectivity index (χ4v) is 3.15. The molecule has 0 aromatic carbocycles. The third-order valence-electron chi connectivity index (χ3n) is 4.64. The molecule has 1 atom stereocenters. The second kappa shape index (κ2) is 5.47. The SMILES string of the molecule is COC1(C(N)c2c(C)ccnc2N)CCC(C)CC1. The topological polar surface area (TPSA) is 74.2 Å². The van der Waals surface area contributed by atoms with E-state index in [4.69, 9.17) is 16.2 Å². The number of nitrogens with zero attached hydrogens (tertiary/aromatic N) is 1. The first-order valence-electron chi connectivity index (χ1n) is 7.02. The van der Waals surface area contributed by atoms with Gasteiger partial charge < -0.3 is 16.2 Å². The number of nitrogen functional groups attached to an aromatic ring is 1. The van der Waals surface area contributed by atoms with Gasteiger partial charge in [0.25, 0.3) is 0 Å². The van der Waals surface area contributed by atoms with Crippen LogP contribution in [0.4, 0.5) is 5.82 Å². The first-order chi connectivity index (χ1) is 9.00. The Kier molecular flexibility index (Phi) is 4.11. The number of aryl methyl sites for hydroxylation is 1. The van der Waals surface area contributed by atoms with Gasteiger partial charge in [0.15, 0.2) is 0 Å². The molecule has 106 valence electrons.